The normalized spacial score (nSPS) is 15.2. The van der Waals surface area contributed by atoms with E-state index in [1.54, 1.807) is 6.33 Å². The fourth-order valence-electron chi connectivity index (χ4n) is 1.89. The first kappa shape index (κ1) is 6.99. The number of rotatable bonds is 0. The Morgan fingerprint density at radius 1 is 0.933 bits per heavy atom. The van der Waals surface area contributed by atoms with Crippen LogP contribution in [-0.4, -0.2) is 22.6 Å². The molecule has 4 rings (SSSR count). The Kier molecular flexibility index (Phi) is 1.01. The molecule has 0 unspecified atom stereocenters. The van der Waals surface area contributed by atoms with Gasteiger partial charge in [-0.3, -0.25) is 0 Å². The van der Waals surface area contributed by atoms with Crippen LogP contribution in [0.15, 0.2) is 26.3 Å². The highest BCUT2D eigenvalue weighted by atomic mass is 15.0. The summed E-state index contributed by atoms with van der Waals surface area (Å²) in [7, 11) is 0. The van der Waals surface area contributed by atoms with Gasteiger partial charge in [0.05, 0.1) is 11.8 Å². The van der Waals surface area contributed by atoms with Gasteiger partial charge in [0, 0.05) is 0 Å². The second-order valence-corrected chi connectivity index (χ2v) is 3.27. The first-order valence-electron chi connectivity index (χ1n) is 4.45. The predicted octanol–water partition coefficient (Wildman–Crippen LogP) is 0.149. The van der Waals surface area contributed by atoms with Gasteiger partial charge in [-0.05, 0) is 0 Å². The summed E-state index contributed by atoms with van der Waals surface area (Å²) in [4.78, 5) is 24.0. The molecule has 70 valence electrons. The average Bonchev–Trinajstić information content (AvgIpc) is 2.97. The highest BCUT2D eigenvalue weighted by molar-refractivity contribution is 5.98. The highest BCUT2D eigenvalue weighted by Crippen LogP contribution is 2.26. The topological polar surface area (TPSA) is 78.1 Å². The van der Waals surface area contributed by atoms with Gasteiger partial charge in [0.15, 0.2) is 0 Å². The Bertz CT molecular complexity index is 700. The summed E-state index contributed by atoms with van der Waals surface area (Å²) in [6.45, 7) is 0. The lowest BCUT2D eigenvalue weighted by atomic mass is 10.2. The summed E-state index contributed by atoms with van der Waals surface area (Å²) >= 11 is 0. The fraction of sp³-hybridized carbons (Fsp3) is 0. The molecule has 1 aromatic carbocycles. The summed E-state index contributed by atoms with van der Waals surface area (Å²) in [5.74, 6) is 0. The van der Waals surface area contributed by atoms with E-state index in [0.717, 1.165) is 33.1 Å². The Morgan fingerprint density at radius 2 is 1.67 bits per heavy atom. The number of nitrogens with zero attached hydrogens (tertiary/aromatic N) is 5. The smallest absolute Gasteiger partial charge is 0.121 e. The number of aliphatic imine (C=N–C) groups is 2. The van der Waals surface area contributed by atoms with E-state index in [0.29, 0.717) is 0 Å². The van der Waals surface area contributed by atoms with E-state index in [9.17, 15) is 0 Å². The van der Waals surface area contributed by atoms with Crippen LogP contribution in [0.5, 0.6) is 0 Å². The third kappa shape index (κ3) is 0.687. The minimum atomic E-state index is 0.766. The lowest BCUT2D eigenvalue weighted by Gasteiger charge is -1.95. The zero-order valence-electron chi connectivity index (χ0n) is 7.47. The maximum absolute atomic E-state index is 4.22. The van der Waals surface area contributed by atoms with E-state index in [4.69, 9.17) is 0 Å². The Balaban J connectivity index is 2.46. The molecule has 6 nitrogen and oxygen atoms in total. The third-order valence-electron chi connectivity index (χ3n) is 2.52. The van der Waals surface area contributed by atoms with E-state index >= 15 is 0 Å². The molecule has 0 spiro atoms. The zero-order valence-corrected chi connectivity index (χ0v) is 7.47. The maximum Gasteiger partial charge on any atom is 0.121 e. The van der Waals surface area contributed by atoms with E-state index in [-0.39, 0.29) is 0 Å². The van der Waals surface area contributed by atoms with Gasteiger partial charge < -0.3 is 4.98 Å². The van der Waals surface area contributed by atoms with E-state index in [1.807, 2.05) is 0 Å². The van der Waals surface area contributed by atoms with Gasteiger partial charge in [-0.2, -0.15) is 0 Å². The number of imidazole rings is 1. The molecule has 2 aromatic rings. The van der Waals surface area contributed by atoms with Crippen molar-refractivity contribution in [1.82, 2.24) is 9.97 Å². The summed E-state index contributed by atoms with van der Waals surface area (Å²) in [5, 5.41) is 1.54. The maximum atomic E-state index is 4.22. The van der Waals surface area contributed by atoms with Crippen molar-refractivity contribution in [2.45, 2.75) is 0 Å². The van der Waals surface area contributed by atoms with Crippen LogP contribution in [0.3, 0.4) is 0 Å². The van der Waals surface area contributed by atoms with E-state index in [2.05, 4.69) is 29.9 Å². The third-order valence-corrected chi connectivity index (χ3v) is 2.52. The van der Waals surface area contributed by atoms with Crippen LogP contribution in [0.1, 0.15) is 0 Å². The molecule has 1 N–H and O–H groups in total. The lowest BCUT2D eigenvalue weighted by Crippen LogP contribution is -2.23. The molecular formula is C9H4N6. The van der Waals surface area contributed by atoms with Gasteiger partial charge in [0.2, 0.25) is 0 Å². The average molecular weight is 196 g/mol. The van der Waals surface area contributed by atoms with Crippen molar-refractivity contribution in [3.05, 3.63) is 17.0 Å². The van der Waals surface area contributed by atoms with Gasteiger partial charge >= 0.3 is 0 Å². The van der Waals surface area contributed by atoms with Crippen molar-refractivity contribution in [1.29, 1.82) is 0 Å². The highest BCUT2D eigenvalue weighted by Gasteiger charge is 2.17. The SMILES string of the molecule is C1=Nc2c(c3c(c4[nH]cnc24)N=CN=3)=N1. The Hall–Kier alpha value is -2.37. The van der Waals surface area contributed by atoms with Crippen LogP contribution in [0.4, 0.5) is 11.4 Å². The summed E-state index contributed by atoms with van der Waals surface area (Å²) in [5.41, 5.74) is 3.25. The van der Waals surface area contributed by atoms with Crippen molar-refractivity contribution in [2.24, 2.45) is 20.0 Å². The number of aromatic nitrogens is 2. The van der Waals surface area contributed by atoms with Crippen LogP contribution in [-0.2, 0) is 0 Å². The lowest BCUT2D eigenvalue weighted by molar-refractivity contribution is 1.34. The largest absolute Gasteiger partial charge is 0.343 e. The summed E-state index contributed by atoms with van der Waals surface area (Å²) < 4.78 is 0. The number of fused-ring (bicyclic) bond motifs is 6. The van der Waals surface area contributed by atoms with Crippen molar-refractivity contribution in [3.8, 4) is 0 Å². The number of H-pyrrole nitrogens is 1. The Morgan fingerprint density at radius 3 is 2.53 bits per heavy atom. The molecule has 0 saturated carbocycles. The standard InChI is InChI=1S/C9H4N6/c1-10-4-5(11-1)7-9(15-3-13-7)8-6(4)12-2-14-8/h1-3H,(H,10,11). The second-order valence-electron chi connectivity index (χ2n) is 3.27. The number of nitrogens with one attached hydrogen (secondary N) is 1. The van der Waals surface area contributed by atoms with Crippen LogP contribution < -0.4 is 10.7 Å². The van der Waals surface area contributed by atoms with Gasteiger partial charge in [-0.25, -0.2) is 25.0 Å². The fourth-order valence-corrected chi connectivity index (χ4v) is 1.89. The minimum absolute atomic E-state index is 0.766. The van der Waals surface area contributed by atoms with Crippen LogP contribution in [0.2, 0.25) is 0 Å². The zero-order chi connectivity index (χ0) is 9.83. The number of hydrogen-bond acceptors (Lipinski definition) is 5. The molecule has 0 fully saturated rings. The molecule has 2 aliphatic rings. The summed E-state index contributed by atoms with van der Waals surface area (Å²) in [6, 6.07) is 0. The monoisotopic (exact) mass is 196 g/mol. The van der Waals surface area contributed by atoms with E-state index in [1.165, 1.54) is 12.7 Å². The first-order chi connectivity index (χ1) is 7.45. The first-order valence-corrected chi connectivity index (χ1v) is 4.45. The number of benzene rings is 1. The van der Waals surface area contributed by atoms with Gasteiger partial charge in [0.1, 0.15) is 40.3 Å². The molecule has 2 aliphatic heterocycles. The molecule has 1 aromatic heterocycles. The van der Waals surface area contributed by atoms with Crippen molar-refractivity contribution < 1.29 is 0 Å². The minimum Gasteiger partial charge on any atom is -0.343 e. The molecule has 15 heavy (non-hydrogen) atoms. The molecule has 6 heteroatoms. The molecule has 0 radical (unpaired) electrons. The molecule has 0 bridgehead atoms. The molecule has 0 amide bonds. The molecular weight excluding hydrogens is 192 g/mol. The number of hydrogen-bond donors (Lipinski definition) is 1. The molecule has 0 atom stereocenters. The number of aromatic amines is 1. The van der Waals surface area contributed by atoms with Crippen LogP contribution in [0.25, 0.3) is 11.0 Å². The van der Waals surface area contributed by atoms with Gasteiger partial charge in [0.25, 0.3) is 0 Å². The van der Waals surface area contributed by atoms with Crippen molar-refractivity contribution in [2.75, 3.05) is 0 Å². The van der Waals surface area contributed by atoms with E-state index < -0.39 is 0 Å². The van der Waals surface area contributed by atoms with Crippen molar-refractivity contribution >= 4 is 35.1 Å². The Labute approximate surface area is 82.8 Å². The molecule has 0 aliphatic carbocycles. The molecule has 0 saturated heterocycles. The predicted molar refractivity (Wildman–Crippen MR) is 54.7 cm³/mol. The van der Waals surface area contributed by atoms with Gasteiger partial charge in [-0.1, -0.05) is 0 Å². The summed E-state index contributed by atoms with van der Waals surface area (Å²) in [6.07, 6.45) is 4.68. The molecule has 3 heterocycles. The van der Waals surface area contributed by atoms with Crippen LogP contribution >= 0.6 is 0 Å². The second kappa shape index (κ2) is 2.17. The van der Waals surface area contributed by atoms with Crippen LogP contribution in [0, 0.1) is 0 Å². The quantitative estimate of drug-likeness (QED) is 0.639. The van der Waals surface area contributed by atoms with Gasteiger partial charge in [-0.15, -0.1) is 0 Å². The van der Waals surface area contributed by atoms with Crippen molar-refractivity contribution in [3.63, 3.8) is 0 Å².